The number of alkyl halides is 3. The first-order valence-corrected chi connectivity index (χ1v) is 8.71. The number of carbonyl (C=O) groups is 1. The second-order valence-corrected chi connectivity index (χ2v) is 7.78. The highest BCUT2D eigenvalue weighted by molar-refractivity contribution is 5.96. The summed E-state index contributed by atoms with van der Waals surface area (Å²) >= 11 is 0. The lowest BCUT2D eigenvalue weighted by Gasteiger charge is -2.24. The van der Waals surface area contributed by atoms with Crippen LogP contribution in [-0.2, 0) is 16.4 Å². The lowest BCUT2D eigenvalue weighted by Crippen LogP contribution is -2.40. The SMILES string of the molecule is CC(C)(C)c1cc(NC(=O)[C@@H]2C[C@H](O)CN2c2ccc(C(F)(F)F)cn2)no1. The summed E-state index contributed by atoms with van der Waals surface area (Å²) in [5.74, 6) is 0.555. The Bertz CT molecular complexity index is 843. The molecular weight excluding hydrogens is 377 g/mol. The molecule has 1 saturated heterocycles. The van der Waals surface area contributed by atoms with Gasteiger partial charge in [-0.3, -0.25) is 4.79 Å². The summed E-state index contributed by atoms with van der Waals surface area (Å²) in [6.45, 7) is 5.89. The van der Waals surface area contributed by atoms with E-state index in [4.69, 9.17) is 4.52 Å². The van der Waals surface area contributed by atoms with Crippen molar-refractivity contribution in [3.05, 3.63) is 35.7 Å². The van der Waals surface area contributed by atoms with E-state index in [0.29, 0.717) is 12.0 Å². The number of β-amino-alcohol motifs (C(OH)–C–C–N with tert-alkyl or cyclic N) is 1. The number of pyridine rings is 1. The van der Waals surface area contributed by atoms with E-state index in [1.54, 1.807) is 6.07 Å². The van der Waals surface area contributed by atoms with Crippen molar-refractivity contribution in [2.24, 2.45) is 0 Å². The van der Waals surface area contributed by atoms with E-state index in [1.807, 2.05) is 20.8 Å². The maximum atomic E-state index is 12.7. The maximum Gasteiger partial charge on any atom is 0.417 e. The zero-order valence-electron chi connectivity index (χ0n) is 15.6. The molecule has 0 bridgehead atoms. The minimum absolute atomic E-state index is 0.0858. The molecule has 2 aromatic rings. The van der Waals surface area contributed by atoms with Gasteiger partial charge >= 0.3 is 6.18 Å². The Morgan fingerprint density at radius 3 is 2.57 bits per heavy atom. The standard InChI is InChI=1S/C18H21F3N4O3/c1-17(2,3)13-7-14(24-28-13)23-16(27)12-6-11(26)9-25(12)15-5-4-10(8-22-15)18(19,20)21/h4-5,7-8,11-12,26H,6,9H2,1-3H3,(H,23,24,27)/t11-,12-/m0/s1. The third-order valence-corrected chi connectivity index (χ3v) is 4.45. The minimum Gasteiger partial charge on any atom is -0.391 e. The highest BCUT2D eigenvalue weighted by Gasteiger charge is 2.38. The van der Waals surface area contributed by atoms with Crippen LogP contribution in [0.25, 0.3) is 0 Å². The average molecular weight is 398 g/mol. The zero-order chi connectivity index (χ0) is 20.7. The largest absolute Gasteiger partial charge is 0.417 e. The van der Waals surface area contributed by atoms with Gasteiger partial charge in [0.25, 0.3) is 0 Å². The van der Waals surface area contributed by atoms with Gasteiger partial charge in [-0.25, -0.2) is 4.98 Å². The number of hydrogen-bond donors (Lipinski definition) is 2. The van der Waals surface area contributed by atoms with E-state index in [9.17, 15) is 23.1 Å². The number of nitrogens with zero attached hydrogens (tertiary/aromatic N) is 3. The molecule has 3 heterocycles. The fourth-order valence-corrected chi connectivity index (χ4v) is 2.94. The number of aliphatic hydroxyl groups is 1. The van der Waals surface area contributed by atoms with E-state index in [0.717, 1.165) is 6.07 Å². The first kappa shape index (κ1) is 20.1. The maximum absolute atomic E-state index is 12.7. The molecule has 152 valence electrons. The third kappa shape index (κ3) is 4.27. The second-order valence-electron chi connectivity index (χ2n) is 7.78. The molecule has 1 aliphatic heterocycles. The molecule has 0 unspecified atom stereocenters. The summed E-state index contributed by atoms with van der Waals surface area (Å²) < 4.78 is 43.4. The van der Waals surface area contributed by atoms with Crippen LogP contribution in [0.2, 0.25) is 0 Å². The molecule has 2 aromatic heterocycles. The fraction of sp³-hybridized carbons (Fsp3) is 0.500. The summed E-state index contributed by atoms with van der Waals surface area (Å²) in [4.78, 5) is 18.0. The molecule has 10 heteroatoms. The molecule has 3 rings (SSSR count). The number of hydrogen-bond acceptors (Lipinski definition) is 6. The molecule has 1 aliphatic rings. The summed E-state index contributed by atoms with van der Waals surface area (Å²) in [5.41, 5.74) is -1.16. The van der Waals surface area contributed by atoms with Gasteiger partial charge in [-0.15, -0.1) is 0 Å². The van der Waals surface area contributed by atoms with Gasteiger partial charge in [0, 0.05) is 30.6 Å². The van der Waals surface area contributed by atoms with Gasteiger partial charge < -0.3 is 19.8 Å². The predicted molar refractivity (Wildman–Crippen MR) is 94.8 cm³/mol. The Morgan fingerprint density at radius 2 is 2.04 bits per heavy atom. The Labute approximate surface area is 159 Å². The van der Waals surface area contributed by atoms with Gasteiger partial charge in [0.2, 0.25) is 5.91 Å². The highest BCUT2D eigenvalue weighted by Crippen LogP contribution is 2.31. The fourth-order valence-electron chi connectivity index (χ4n) is 2.94. The van der Waals surface area contributed by atoms with E-state index >= 15 is 0 Å². The highest BCUT2D eigenvalue weighted by atomic mass is 19.4. The Morgan fingerprint density at radius 1 is 1.32 bits per heavy atom. The summed E-state index contributed by atoms with van der Waals surface area (Å²) in [7, 11) is 0. The molecular formula is C18H21F3N4O3. The Hall–Kier alpha value is -2.62. The molecule has 7 nitrogen and oxygen atoms in total. The summed E-state index contributed by atoms with van der Waals surface area (Å²) in [5, 5.41) is 16.4. The van der Waals surface area contributed by atoms with Gasteiger partial charge in [-0.2, -0.15) is 13.2 Å². The molecule has 0 saturated carbocycles. The van der Waals surface area contributed by atoms with Crippen molar-refractivity contribution < 1.29 is 27.6 Å². The van der Waals surface area contributed by atoms with Crippen molar-refractivity contribution >= 4 is 17.5 Å². The van der Waals surface area contributed by atoms with Gasteiger partial charge in [-0.1, -0.05) is 25.9 Å². The number of aliphatic hydroxyl groups excluding tert-OH is 1. The molecule has 2 atom stereocenters. The van der Waals surface area contributed by atoms with Crippen molar-refractivity contribution in [3.63, 3.8) is 0 Å². The number of anilines is 2. The van der Waals surface area contributed by atoms with Crippen LogP contribution in [-0.4, -0.2) is 39.8 Å². The van der Waals surface area contributed by atoms with E-state index in [1.165, 1.54) is 11.0 Å². The van der Waals surface area contributed by atoms with Crippen LogP contribution in [0.15, 0.2) is 28.9 Å². The van der Waals surface area contributed by atoms with Crippen molar-refractivity contribution in [3.8, 4) is 0 Å². The average Bonchev–Trinajstić information content (AvgIpc) is 3.20. The summed E-state index contributed by atoms with van der Waals surface area (Å²) in [6, 6.07) is 2.91. The molecule has 0 spiro atoms. The van der Waals surface area contributed by atoms with Gasteiger partial charge in [0.15, 0.2) is 5.82 Å². The number of carbonyl (C=O) groups excluding carboxylic acids is 1. The Kier molecular flexibility index (Phi) is 5.09. The van der Waals surface area contributed by atoms with Crippen molar-refractivity contribution in [2.75, 3.05) is 16.8 Å². The molecule has 1 fully saturated rings. The van der Waals surface area contributed by atoms with Crippen LogP contribution in [0.4, 0.5) is 24.8 Å². The number of amides is 1. The number of halogens is 3. The minimum atomic E-state index is -4.50. The van der Waals surface area contributed by atoms with E-state index < -0.39 is 29.8 Å². The second kappa shape index (κ2) is 7.08. The number of nitrogens with one attached hydrogen (secondary N) is 1. The molecule has 0 aromatic carbocycles. The lowest BCUT2D eigenvalue weighted by atomic mass is 9.93. The number of aromatic nitrogens is 2. The first-order chi connectivity index (χ1) is 12.9. The lowest BCUT2D eigenvalue weighted by molar-refractivity contribution is -0.137. The van der Waals surface area contributed by atoms with Gasteiger partial charge in [-0.05, 0) is 12.1 Å². The smallest absolute Gasteiger partial charge is 0.391 e. The van der Waals surface area contributed by atoms with Crippen molar-refractivity contribution in [1.29, 1.82) is 0 Å². The van der Waals surface area contributed by atoms with E-state index in [2.05, 4.69) is 15.5 Å². The summed E-state index contributed by atoms with van der Waals surface area (Å²) in [6.07, 6.45) is -4.46. The first-order valence-electron chi connectivity index (χ1n) is 8.71. The van der Waals surface area contributed by atoms with Crippen molar-refractivity contribution in [1.82, 2.24) is 10.1 Å². The Balaban J connectivity index is 1.76. The third-order valence-electron chi connectivity index (χ3n) is 4.45. The van der Waals surface area contributed by atoms with Crippen LogP contribution >= 0.6 is 0 Å². The number of rotatable bonds is 3. The quantitative estimate of drug-likeness (QED) is 0.826. The van der Waals surface area contributed by atoms with Crippen LogP contribution in [0.1, 0.15) is 38.5 Å². The van der Waals surface area contributed by atoms with Crippen LogP contribution in [0.5, 0.6) is 0 Å². The monoisotopic (exact) mass is 398 g/mol. The van der Waals surface area contributed by atoms with Crippen molar-refractivity contribution in [2.45, 2.75) is 50.9 Å². The van der Waals surface area contributed by atoms with Crippen LogP contribution in [0, 0.1) is 0 Å². The zero-order valence-corrected chi connectivity index (χ0v) is 15.6. The van der Waals surface area contributed by atoms with Crippen LogP contribution in [0.3, 0.4) is 0 Å². The molecule has 28 heavy (non-hydrogen) atoms. The molecule has 2 N–H and O–H groups in total. The predicted octanol–water partition coefficient (Wildman–Crippen LogP) is 2.96. The van der Waals surface area contributed by atoms with E-state index in [-0.39, 0.29) is 30.0 Å². The molecule has 0 radical (unpaired) electrons. The molecule has 0 aliphatic carbocycles. The topological polar surface area (TPSA) is 91.5 Å². The molecule has 1 amide bonds. The van der Waals surface area contributed by atoms with Crippen LogP contribution < -0.4 is 10.2 Å². The van der Waals surface area contributed by atoms with Gasteiger partial charge in [0.1, 0.15) is 17.6 Å². The van der Waals surface area contributed by atoms with Gasteiger partial charge in [0.05, 0.1) is 11.7 Å². The normalized spacial score (nSPS) is 20.5.